The van der Waals surface area contributed by atoms with Crippen LogP contribution in [0.5, 0.6) is 5.75 Å². The van der Waals surface area contributed by atoms with E-state index in [0.717, 1.165) is 56.9 Å². The second-order valence-electron chi connectivity index (χ2n) is 8.87. The highest BCUT2D eigenvalue weighted by Gasteiger charge is 2.25. The molecule has 2 saturated heterocycles. The highest BCUT2D eigenvalue weighted by atomic mass is 16.5. The third kappa shape index (κ3) is 7.29. The second-order valence-corrected chi connectivity index (χ2v) is 8.87. The van der Waals surface area contributed by atoms with Crippen LogP contribution in [0, 0.1) is 0 Å². The molecule has 0 spiro atoms. The number of ether oxygens (including phenoxy) is 1. The molecule has 0 radical (unpaired) electrons. The number of benzene rings is 2. The fraction of sp³-hybridized carbons (Fsp3) is 0.444. The van der Waals surface area contributed by atoms with Crippen LogP contribution in [-0.4, -0.2) is 66.2 Å². The maximum Gasteiger partial charge on any atom is 0.414 e. The van der Waals surface area contributed by atoms with Crippen LogP contribution < -0.4 is 9.64 Å². The molecule has 35 heavy (non-hydrogen) atoms. The van der Waals surface area contributed by atoms with Gasteiger partial charge in [-0.3, -0.25) is 4.79 Å². The van der Waals surface area contributed by atoms with E-state index in [1.54, 1.807) is 7.11 Å². The van der Waals surface area contributed by atoms with E-state index >= 15 is 0 Å². The molecule has 0 aromatic heterocycles. The summed E-state index contributed by atoms with van der Waals surface area (Å²) in [4.78, 5) is 35.2. The first-order chi connectivity index (χ1) is 16.9. The smallest absolute Gasteiger partial charge is 0.414 e. The van der Waals surface area contributed by atoms with Crippen molar-refractivity contribution >= 4 is 23.5 Å². The number of methoxy groups -OCH3 is 1. The van der Waals surface area contributed by atoms with E-state index in [9.17, 15) is 4.79 Å². The third-order valence-corrected chi connectivity index (χ3v) is 6.57. The zero-order valence-corrected chi connectivity index (χ0v) is 20.2. The summed E-state index contributed by atoms with van der Waals surface area (Å²) in [5.74, 6) is -1.84. The summed E-state index contributed by atoms with van der Waals surface area (Å²) < 4.78 is 5.60. The minimum atomic E-state index is -1.82. The first-order valence-corrected chi connectivity index (χ1v) is 12.1. The van der Waals surface area contributed by atoms with Gasteiger partial charge in [0.2, 0.25) is 5.91 Å². The van der Waals surface area contributed by atoms with Crippen LogP contribution in [0.2, 0.25) is 0 Å². The van der Waals surface area contributed by atoms with Gasteiger partial charge in [-0.05, 0) is 61.9 Å². The molecule has 2 aromatic carbocycles. The Labute approximate surface area is 206 Å². The SMILES string of the molecule is COc1ccccc1C1CCCN(CCc2ccccc2N2CCCCC2=O)C1.O=C(O)C(=O)O. The lowest BCUT2D eigenvalue weighted by Gasteiger charge is -2.34. The van der Waals surface area contributed by atoms with Crippen molar-refractivity contribution in [1.82, 2.24) is 4.90 Å². The van der Waals surface area contributed by atoms with Crippen molar-refractivity contribution in [1.29, 1.82) is 0 Å². The number of amides is 1. The lowest BCUT2D eigenvalue weighted by atomic mass is 9.89. The number of likely N-dealkylation sites (tertiary alicyclic amines) is 1. The quantitative estimate of drug-likeness (QED) is 0.603. The molecule has 188 valence electrons. The van der Waals surface area contributed by atoms with E-state index in [4.69, 9.17) is 24.5 Å². The predicted molar refractivity (Wildman–Crippen MR) is 133 cm³/mol. The number of carboxylic acid groups (broad SMARTS) is 2. The fourth-order valence-corrected chi connectivity index (χ4v) is 4.84. The summed E-state index contributed by atoms with van der Waals surface area (Å²) in [6.07, 6.45) is 6.23. The number of carbonyl (C=O) groups excluding carboxylic acids is 1. The fourth-order valence-electron chi connectivity index (χ4n) is 4.84. The average Bonchev–Trinajstić information content (AvgIpc) is 2.88. The van der Waals surface area contributed by atoms with Crippen molar-refractivity contribution in [2.45, 2.75) is 44.4 Å². The number of hydrogen-bond donors (Lipinski definition) is 2. The maximum atomic E-state index is 12.4. The number of anilines is 1. The van der Waals surface area contributed by atoms with E-state index in [-0.39, 0.29) is 5.91 Å². The topological polar surface area (TPSA) is 107 Å². The monoisotopic (exact) mass is 482 g/mol. The van der Waals surface area contributed by atoms with Gasteiger partial charge in [0.05, 0.1) is 7.11 Å². The van der Waals surface area contributed by atoms with E-state index in [1.807, 2.05) is 11.0 Å². The van der Waals surface area contributed by atoms with Crippen LogP contribution in [0.4, 0.5) is 5.69 Å². The van der Waals surface area contributed by atoms with Crippen LogP contribution in [0.3, 0.4) is 0 Å². The Morgan fingerprint density at radius 3 is 2.40 bits per heavy atom. The molecule has 8 heteroatoms. The number of piperidine rings is 2. The van der Waals surface area contributed by atoms with Gasteiger partial charge in [0, 0.05) is 37.7 Å². The van der Waals surface area contributed by atoms with Gasteiger partial charge in [0.15, 0.2) is 0 Å². The van der Waals surface area contributed by atoms with Crippen LogP contribution in [0.15, 0.2) is 48.5 Å². The Kier molecular flexibility index (Phi) is 9.66. The number of para-hydroxylation sites is 2. The zero-order valence-electron chi connectivity index (χ0n) is 20.2. The Hall–Kier alpha value is -3.39. The number of aliphatic carboxylic acids is 2. The highest BCUT2D eigenvalue weighted by Crippen LogP contribution is 2.33. The molecular weight excluding hydrogens is 448 g/mol. The van der Waals surface area contributed by atoms with Gasteiger partial charge in [-0.2, -0.15) is 0 Å². The summed E-state index contributed by atoms with van der Waals surface area (Å²) in [6.45, 7) is 4.11. The van der Waals surface area contributed by atoms with Gasteiger partial charge < -0.3 is 24.7 Å². The molecular formula is C27H34N2O6. The standard InChI is InChI=1S/C25H32N2O2.C2H2O4/c1-29-24-13-5-3-11-22(24)21-10-8-16-26(19-21)18-15-20-9-2-4-12-23(20)27-17-7-6-14-25(27)28;3-1(4)2(5)6/h2-5,9,11-13,21H,6-8,10,14-19H2,1H3;(H,3,4)(H,5,6). The lowest BCUT2D eigenvalue weighted by Crippen LogP contribution is -2.37. The summed E-state index contributed by atoms with van der Waals surface area (Å²) in [6, 6.07) is 16.9. The van der Waals surface area contributed by atoms with E-state index in [2.05, 4.69) is 47.4 Å². The van der Waals surface area contributed by atoms with E-state index in [0.29, 0.717) is 12.3 Å². The van der Waals surface area contributed by atoms with Crippen LogP contribution in [-0.2, 0) is 20.8 Å². The van der Waals surface area contributed by atoms with Crippen molar-refractivity contribution in [2.75, 3.05) is 38.2 Å². The van der Waals surface area contributed by atoms with Gasteiger partial charge in [0.1, 0.15) is 5.75 Å². The normalized spacial score (nSPS) is 18.4. The van der Waals surface area contributed by atoms with Crippen molar-refractivity contribution in [3.8, 4) is 5.75 Å². The number of rotatable bonds is 6. The Morgan fingerprint density at radius 1 is 0.971 bits per heavy atom. The van der Waals surface area contributed by atoms with Gasteiger partial charge in [-0.25, -0.2) is 9.59 Å². The molecule has 2 heterocycles. The molecule has 4 rings (SSSR count). The third-order valence-electron chi connectivity index (χ3n) is 6.57. The number of hydrogen-bond acceptors (Lipinski definition) is 5. The minimum absolute atomic E-state index is 0.276. The number of carboxylic acids is 2. The van der Waals surface area contributed by atoms with Gasteiger partial charge in [0.25, 0.3) is 0 Å². The first-order valence-electron chi connectivity index (χ1n) is 12.1. The lowest BCUT2D eigenvalue weighted by molar-refractivity contribution is -0.159. The highest BCUT2D eigenvalue weighted by molar-refractivity contribution is 6.27. The van der Waals surface area contributed by atoms with Gasteiger partial charge in [-0.1, -0.05) is 36.4 Å². The van der Waals surface area contributed by atoms with Crippen molar-refractivity contribution in [3.05, 3.63) is 59.7 Å². The Bertz CT molecular complexity index is 1010. The van der Waals surface area contributed by atoms with Crippen LogP contribution in [0.25, 0.3) is 0 Å². The molecule has 1 amide bonds. The Morgan fingerprint density at radius 2 is 1.69 bits per heavy atom. The van der Waals surface area contributed by atoms with Crippen molar-refractivity contribution in [3.63, 3.8) is 0 Å². The molecule has 2 aliphatic heterocycles. The molecule has 2 aliphatic rings. The molecule has 2 fully saturated rings. The molecule has 0 aliphatic carbocycles. The van der Waals surface area contributed by atoms with Crippen LogP contribution in [0.1, 0.15) is 49.1 Å². The molecule has 0 saturated carbocycles. The number of nitrogens with zero attached hydrogens (tertiary/aromatic N) is 2. The summed E-state index contributed by atoms with van der Waals surface area (Å²) >= 11 is 0. The molecule has 1 atom stereocenters. The zero-order chi connectivity index (χ0) is 25.2. The van der Waals surface area contributed by atoms with Crippen LogP contribution >= 0.6 is 0 Å². The summed E-state index contributed by atoms with van der Waals surface area (Å²) in [5, 5.41) is 14.8. The minimum Gasteiger partial charge on any atom is -0.496 e. The Balaban J connectivity index is 0.000000509. The van der Waals surface area contributed by atoms with Crippen molar-refractivity contribution in [2.24, 2.45) is 0 Å². The molecule has 8 nitrogen and oxygen atoms in total. The summed E-state index contributed by atoms with van der Waals surface area (Å²) in [5.41, 5.74) is 3.75. The predicted octanol–water partition coefficient (Wildman–Crippen LogP) is 3.79. The second kappa shape index (κ2) is 12.9. The largest absolute Gasteiger partial charge is 0.496 e. The molecule has 1 unspecified atom stereocenters. The molecule has 2 aromatic rings. The van der Waals surface area contributed by atoms with Gasteiger partial charge >= 0.3 is 11.9 Å². The summed E-state index contributed by atoms with van der Waals surface area (Å²) in [7, 11) is 1.76. The number of carbonyl (C=O) groups is 3. The molecule has 2 N–H and O–H groups in total. The first kappa shape index (κ1) is 26.2. The molecule has 0 bridgehead atoms. The van der Waals surface area contributed by atoms with Gasteiger partial charge in [-0.15, -0.1) is 0 Å². The maximum absolute atomic E-state index is 12.4. The van der Waals surface area contributed by atoms with E-state index < -0.39 is 11.9 Å². The average molecular weight is 483 g/mol. The van der Waals surface area contributed by atoms with Crippen molar-refractivity contribution < 1.29 is 29.3 Å². The van der Waals surface area contributed by atoms with E-state index in [1.165, 1.54) is 24.0 Å².